The van der Waals surface area contributed by atoms with E-state index in [9.17, 15) is 13.0 Å². The molecule has 0 spiro atoms. The molecule has 0 heterocycles. The molecule has 0 saturated heterocycles. The molecule has 4 nitrogen and oxygen atoms in total. The summed E-state index contributed by atoms with van der Waals surface area (Å²) in [5, 5.41) is 0. The fraction of sp³-hybridized carbons (Fsp3) is 0.727. The van der Waals surface area contributed by atoms with Gasteiger partial charge in [0.05, 0.1) is 0 Å². The van der Waals surface area contributed by atoms with Crippen molar-refractivity contribution in [1.82, 2.24) is 0 Å². The number of hydrogen-bond acceptors (Lipinski definition) is 4. The van der Waals surface area contributed by atoms with Crippen LogP contribution in [0.2, 0.25) is 0 Å². The molecule has 1 atom stereocenters. The van der Waals surface area contributed by atoms with Crippen LogP contribution in [-0.2, 0) is 23.0 Å². The van der Waals surface area contributed by atoms with E-state index in [1.54, 1.807) is 0 Å². The van der Waals surface area contributed by atoms with Gasteiger partial charge in [0.1, 0.15) is 15.9 Å². The van der Waals surface area contributed by atoms with Gasteiger partial charge in [0.25, 0.3) is 0 Å². The van der Waals surface area contributed by atoms with Gasteiger partial charge in [0.15, 0.2) is 5.44 Å². The summed E-state index contributed by atoms with van der Waals surface area (Å²) in [4.78, 5) is 0. The van der Waals surface area contributed by atoms with Crippen LogP contribution in [0.5, 0.6) is 5.75 Å². The minimum Gasteiger partial charge on any atom is -0.745 e. The van der Waals surface area contributed by atoms with Crippen LogP contribution >= 0.6 is 0 Å². The molecule has 0 saturated carbocycles. The first kappa shape index (κ1) is 27.9. The van der Waals surface area contributed by atoms with Crippen LogP contribution in [-0.4, -0.2) is 18.4 Å². The van der Waals surface area contributed by atoms with E-state index in [4.69, 9.17) is 4.74 Å². The maximum absolute atomic E-state index is 11.4. The molecule has 0 aliphatic carbocycles. The smallest absolute Gasteiger partial charge is 0.745 e. The molecule has 1 aromatic rings. The van der Waals surface area contributed by atoms with Crippen LogP contribution < -0.4 is 34.3 Å². The first-order chi connectivity index (χ1) is 12.9. The van der Waals surface area contributed by atoms with Gasteiger partial charge in [-0.3, -0.25) is 0 Å². The summed E-state index contributed by atoms with van der Waals surface area (Å²) in [5.41, 5.74) is 1.26. The molecule has 6 heteroatoms. The average Bonchev–Trinajstić information content (AvgIpc) is 2.62. The fourth-order valence-electron chi connectivity index (χ4n) is 3.29. The monoisotopic (exact) mass is 420 g/mol. The van der Waals surface area contributed by atoms with E-state index in [1.165, 1.54) is 56.1 Å². The molecule has 156 valence electrons. The van der Waals surface area contributed by atoms with Crippen molar-refractivity contribution >= 4 is 10.1 Å². The molecule has 0 bridgehead atoms. The Morgan fingerprint density at radius 1 is 0.857 bits per heavy atom. The minimum atomic E-state index is -4.47. The third kappa shape index (κ3) is 11.2. The quantitative estimate of drug-likeness (QED) is 0.249. The van der Waals surface area contributed by atoms with Crippen molar-refractivity contribution in [3.63, 3.8) is 0 Å². The summed E-state index contributed by atoms with van der Waals surface area (Å²) in [6, 6.07) is 5.82. The van der Waals surface area contributed by atoms with Crippen molar-refractivity contribution in [2.24, 2.45) is 0 Å². The van der Waals surface area contributed by atoms with E-state index < -0.39 is 15.6 Å². The topological polar surface area (TPSA) is 66.4 Å². The van der Waals surface area contributed by atoms with Gasteiger partial charge >= 0.3 is 29.6 Å². The number of unbranched alkanes of at least 4 members (excludes halogenated alkanes) is 6. The largest absolute Gasteiger partial charge is 1.00 e. The number of benzene rings is 1. The van der Waals surface area contributed by atoms with Gasteiger partial charge in [-0.25, -0.2) is 8.42 Å². The van der Waals surface area contributed by atoms with Crippen molar-refractivity contribution in [3.05, 3.63) is 29.3 Å². The second kappa shape index (κ2) is 15.7. The number of aryl methyl sites for hydroxylation is 2. The summed E-state index contributed by atoms with van der Waals surface area (Å²) < 4.78 is 39.9. The van der Waals surface area contributed by atoms with E-state index in [2.05, 4.69) is 19.9 Å². The van der Waals surface area contributed by atoms with Gasteiger partial charge < -0.3 is 9.29 Å². The van der Waals surface area contributed by atoms with Crippen molar-refractivity contribution in [2.75, 3.05) is 0 Å². The summed E-state index contributed by atoms with van der Waals surface area (Å²) in [6.45, 7) is 6.26. The van der Waals surface area contributed by atoms with Crippen molar-refractivity contribution in [1.29, 1.82) is 0 Å². The summed E-state index contributed by atoms with van der Waals surface area (Å²) in [7, 11) is -4.47. The van der Waals surface area contributed by atoms with E-state index in [0.29, 0.717) is 12.2 Å². The molecule has 0 fully saturated rings. The van der Waals surface area contributed by atoms with E-state index in [0.717, 1.165) is 19.3 Å². The van der Waals surface area contributed by atoms with Gasteiger partial charge in [-0.1, -0.05) is 71.8 Å². The maximum atomic E-state index is 11.4. The molecule has 0 amide bonds. The van der Waals surface area contributed by atoms with Crippen LogP contribution in [0.15, 0.2) is 18.2 Å². The second-order valence-corrected chi connectivity index (χ2v) is 8.89. The van der Waals surface area contributed by atoms with Crippen molar-refractivity contribution in [3.8, 4) is 5.75 Å². The predicted octanol–water partition coefficient (Wildman–Crippen LogP) is 2.99. The standard InChI is InChI=1S/C22H38O4S.Na/c1-4-7-9-11-14-19-16-17-21(18-20(19)15-12-10-8-5-2)26-22(13-6-3)27(23,24)25;/h16-18,22H,4-15H2,1-3H3,(H,23,24,25);/q;+1/p-1. The molecule has 0 aliphatic rings. The molecular weight excluding hydrogens is 383 g/mol. The molecular formula is C22H37NaO4S. The van der Waals surface area contributed by atoms with Crippen LogP contribution in [0, 0.1) is 0 Å². The molecule has 0 aliphatic heterocycles. The molecule has 28 heavy (non-hydrogen) atoms. The molecule has 1 rings (SSSR count). The zero-order chi connectivity index (χ0) is 20.1. The van der Waals surface area contributed by atoms with E-state index in [-0.39, 0.29) is 36.0 Å². The molecule has 1 unspecified atom stereocenters. The molecule has 1 aromatic carbocycles. The maximum Gasteiger partial charge on any atom is 1.00 e. The molecule has 0 N–H and O–H groups in total. The number of rotatable bonds is 15. The fourth-order valence-corrected chi connectivity index (χ4v) is 4.04. The third-order valence-corrected chi connectivity index (χ3v) is 5.87. The first-order valence-electron chi connectivity index (χ1n) is 10.7. The number of ether oxygens (including phenoxy) is 1. The zero-order valence-corrected chi connectivity index (χ0v) is 21.2. The average molecular weight is 421 g/mol. The van der Waals surface area contributed by atoms with Crippen molar-refractivity contribution < 1.29 is 47.3 Å². The van der Waals surface area contributed by atoms with Crippen LogP contribution in [0.4, 0.5) is 0 Å². The van der Waals surface area contributed by atoms with Crippen LogP contribution in [0.3, 0.4) is 0 Å². The number of hydrogen-bond donors (Lipinski definition) is 0. The summed E-state index contributed by atoms with van der Waals surface area (Å²) in [5.74, 6) is 0.496. The normalized spacial score (nSPS) is 12.4. The van der Waals surface area contributed by atoms with Gasteiger partial charge in [-0.15, -0.1) is 0 Å². The SMILES string of the molecule is CCCCCCc1ccc(OC(CCC)S(=O)(=O)[O-])cc1CCCCCC.[Na+]. The molecule has 0 aromatic heterocycles. The Morgan fingerprint density at radius 2 is 1.43 bits per heavy atom. The summed E-state index contributed by atoms with van der Waals surface area (Å²) >= 11 is 0. The van der Waals surface area contributed by atoms with E-state index >= 15 is 0 Å². The third-order valence-electron chi connectivity index (χ3n) is 4.89. The Balaban J connectivity index is 0.00000729. The Kier molecular flexibility index (Phi) is 15.7. The first-order valence-corrected chi connectivity index (χ1v) is 12.1. The zero-order valence-electron chi connectivity index (χ0n) is 18.3. The van der Waals surface area contributed by atoms with Gasteiger partial charge in [0, 0.05) is 0 Å². The van der Waals surface area contributed by atoms with Gasteiger partial charge in [-0.2, -0.15) is 0 Å². The van der Waals surface area contributed by atoms with Crippen molar-refractivity contribution in [2.45, 2.75) is 103 Å². The summed E-state index contributed by atoms with van der Waals surface area (Å²) in [6.07, 6.45) is 12.5. The Labute approximate surface area is 194 Å². The Bertz CT molecular complexity index is 631. The van der Waals surface area contributed by atoms with Gasteiger partial charge in [-0.05, 0) is 55.4 Å². The van der Waals surface area contributed by atoms with Crippen LogP contribution in [0.1, 0.15) is 96.1 Å². The molecule has 0 radical (unpaired) electrons. The van der Waals surface area contributed by atoms with Gasteiger partial charge in [0.2, 0.25) is 0 Å². The second-order valence-electron chi connectivity index (χ2n) is 7.38. The minimum absolute atomic E-state index is 0. The van der Waals surface area contributed by atoms with Crippen LogP contribution in [0.25, 0.3) is 0 Å². The Hall–Kier alpha value is -0.0700. The predicted molar refractivity (Wildman–Crippen MR) is 111 cm³/mol. The Morgan fingerprint density at radius 3 is 1.93 bits per heavy atom. The van der Waals surface area contributed by atoms with E-state index in [1.807, 2.05) is 19.1 Å².